The van der Waals surface area contributed by atoms with Crippen LogP contribution in [0.3, 0.4) is 0 Å². The van der Waals surface area contributed by atoms with Crippen LogP contribution >= 0.6 is 0 Å². The van der Waals surface area contributed by atoms with Gasteiger partial charge in [-0.15, -0.1) is 0 Å². The molecular formula is C24H26N8. The zero-order valence-electron chi connectivity index (χ0n) is 17.6. The molecule has 0 atom stereocenters. The number of nitrogens with zero attached hydrogens (tertiary/aromatic N) is 3. The van der Waals surface area contributed by atoms with Gasteiger partial charge in [-0.05, 0) is 47.9 Å². The predicted molar refractivity (Wildman–Crippen MR) is 131 cm³/mol. The number of nitrogen functional groups attached to an aromatic ring is 2. The van der Waals surface area contributed by atoms with Crippen molar-refractivity contribution in [1.82, 2.24) is 15.0 Å². The van der Waals surface area contributed by atoms with E-state index in [1.54, 1.807) is 0 Å². The molecule has 162 valence electrons. The standard InChI is InChI=1S/C24H26N8/c25-19-11-9-17(10-12-19)13-14-27-22-30-23(28-16-18-5-2-1-3-6-18)32-24(31-22)29-21-8-4-7-20(26)15-21/h1-12,15H,13-14,16,25-26H2,(H3,27,28,29,30,31,32). The van der Waals surface area contributed by atoms with E-state index in [2.05, 4.69) is 30.9 Å². The second-order valence-electron chi connectivity index (χ2n) is 7.31. The van der Waals surface area contributed by atoms with Crippen molar-refractivity contribution in [1.29, 1.82) is 0 Å². The van der Waals surface area contributed by atoms with E-state index in [1.165, 1.54) is 5.56 Å². The summed E-state index contributed by atoms with van der Waals surface area (Å²) in [6.07, 6.45) is 0.816. The van der Waals surface area contributed by atoms with Gasteiger partial charge in [0.2, 0.25) is 17.8 Å². The Morgan fingerprint density at radius 1 is 0.625 bits per heavy atom. The van der Waals surface area contributed by atoms with Crippen molar-refractivity contribution in [3.8, 4) is 0 Å². The first-order valence-electron chi connectivity index (χ1n) is 10.4. The van der Waals surface area contributed by atoms with Gasteiger partial charge in [-0.1, -0.05) is 48.5 Å². The highest BCUT2D eigenvalue weighted by atomic mass is 15.3. The quantitative estimate of drug-likeness (QED) is 0.254. The Morgan fingerprint density at radius 3 is 2.09 bits per heavy atom. The molecule has 0 aliphatic rings. The summed E-state index contributed by atoms with van der Waals surface area (Å²) in [5.74, 6) is 1.39. The lowest BCUT2D eigenvalue weighted by Gasteiger charge is -2.12. The molecule has 32 heavy (non-hydrogen) atoms. The summed E-state index contributed by atoms with van der Waals surface area (Å²) < 4.78 is 0. The minimum Gasteiger partial charge on any atom is -0.399 e. The Kier molecular flexibility index (Phi) is 6.62. The molecular weight excluding hydrogens is 400 g/mol. The molecule has 7 N–H and O–H groups in total. The third-order valence-corrected chi connectivity index (χ3v) is 4.75. The number of anilines is 6. The first kappa shape index (κ1) is 20.9. The molecule has 0 spiro atoms. The number of nitrogens with one attached hydrogen (secondary N) is 3. The molecule has 0 saturated carbocycles. The SMILES string of the molecule is Nc1ccc(CCNc2nc(NCc3ccccc3)nc(Nc3cccc(N)c3)n2)cc1. The summed E-state index contributed by atoms with van der Waals surface area (Å²) in [5, 5.41) is 9.76. The minimum absolute atomic E-state index is 0.427. The fourth-order valence-corrected chi connectivity index (χ4v) is 3.12. The normalized spacial score (nSPS) is 10.5. The third-order valence-electron chi connectivity index (χ3n) is 4.75. The van der Waals surface area contributed by atoms with Gasteiger partial charge in [-0.3, -0.25) is 0 Å². The van der Waals surface area contributed by atoms with E-state index in [1.807, 2.05) is 78.9 Å². The largest absolute Gasteiger partial charge is 0.399 e. The van der Waals surface area contributed by atoms with E-state index in [0.717, 1.165) is 23.4 Å². The molecule has 8 nitrogen and oxygen atoms in total. The molecule has 0 aliphatic heterocycles. The third kappa shape index (κ3) is 6.09. The van der Waals surface area contributed by atoms with Crippen molar-refractivity contribution in [2.75, 3.05) is 34.0 Å². The van der Waals surface area contributed by atoms with E-state index in [9.17, 15) is 0 Å². The second-order valence-corrected chi connectivity index (χ2v) is 7.31. The van der Waals surface area contributed by atoms with Crippen LogP contribution < -0.4 is 27.4 Å². The van der Waals surface area contributed by atoms with Crippen molar-refractivity contribution >= 4 is 34.9 Å². The molecule has 4 aromatic rings. The number of benzene rings is 3. The summed E-state index contributed by atoms with van der Waals surface area (Å²) in [5.41, 5.74) is 16.2. The van der Waals surface area contributed by atoms with Gasteiger partial charge in [0.15, 0.2) is 0 Å². The average Bonchev–Trinajstić information content (AvgIpc) is 2.80. The Labute approximate surface area is 187 Å². The van der Waals surface area contributed by atoms with Crippen LogP contribution in [0.25, 0.3) is 0 Å². The first-order valence-corrected chi connectivity index (χ1v) is 10.4. The van der Waals surface area contributed by atoms with Crippen LogP contribution in [0.2, 0.25) is 0 Å². The molecule has 0 amide bonds. The summed E-state index contributed by atoms with van der Waals surface area (Å²) in [7, 11) is 0. The molecule has 8 heteroatoms. The van der Waals surface area contributed by atoms with Crippen LogP contribution in [0, 0.1) is 0 Å². The number of rotatable bonds is 9. The molecule has 4 rings (SSSR count). The van der Waals surface area contributed by atoms with Gasteiger partial charge < -0.3 is 27.4 Å². The van der Waals surface area contributed by atoms with Crippen molar-refractivity contribution in [3.63, 3.8) is 0 Å². The maximum absolute atomic E-state index is 5.89. The number of hydrogen-bond acceptors (Lipinski definition) is 8. The van der Waals surface area contributed by atoms with Gasteiger partial charge in [-0.2, -0.15) is 15.0 Å². The number of nitrogens with two attached hydrogens (primary N) is 2. The first-order chi connectivity index (χ1) is 15.6. The summed E-state index contributed by atoms with van der Waals surface area (Å²) in [6.45, 7) is 1.28. The number of aromatic nitrogens is 3. The van der Waals surface area contributed by atoms with Gasteiger partial charge in [0.25, 0.3) is 0 Å². The summed E-state index contributed by atoms with van der Waals surface area (Å²) in [4.78, 5) is 13.5. The molecule has 1 heterocycles. The van der Waals surface area contributed by atoms with Gasteiger partial charge >= 0.3 is 0 Å². The highest BCUT2D eigenvalue weighted by Crippen LogP contribution is 2.18. The Balaban J connectivity index is 1.48. The molecule has 3 aromatic carbocycles. The maximum atomic E-state index is 5.89. The highest BCUT2D eigenvalue weighted by Gasteiger charge is 2.08. The smallest absolute Gasteiger partial charge is 0.233 e. The van der Waals surface area contributed by atoms with E-state index in [4.69, 9.17) is 11.5 Å². The van der Waals surface area contributed by atoms with E-state index in [0.29, 0.717) is 36.6 Å². The molecule has 0 fully saturated rings. The van der Waals surface area contributed by atoms with Crippen LogP contribution in [0.5, 0.6) is 0 Å². The zero-order chi connectivity index (χ0) is 22.2. The predicted octanol–water partition coefficient (Wildman–Crippen LogP) is 4.05. The average molecular weight is 427 g/mol. The van der Waals surface area contributed by atoms with Crippen LogP contribution in [0.15, 0.2) is 78.9 Å². The van der Waals surface area contributed by atoms with Gasteiger partial charge in [0.1, 0.15) is 0 Å². The molecule has 0 aliphatic carbocycles. The van der Waals surface area contributed by atoms with E-state index >= 15 is 0 Å². The van der Waals surface area contributed by atoms with Crippen molar-refractivity contribution < 1.29 is 0 Å². The molecule has 0 unspecified atom stereocenters. The minimum atomic E-state index is 0.427. The highest BCUT2D eigenvalue weighted by molar-refractivity contribution is 5.60. The molecule has 0 saturated heterocycles. The lowest BCUT2D eigenvalue weighted by Crippen LogP contribution is -2.13. The van der Waals surface area contributed by atoms with Crippen LogP contribution in [-0.4, -0.2) is 21.5 Å². The fraction of sp³-hybridized carbons (Fsp3) is 0.125. The van der Waals surface area contributed by atoms with Crippen molar-refractivity contribution in [2.45, 2.75) is 13.0 Å². The van der Waals surface area contributed by atoms with Gasteiger partial charge in [0, 0.05) is 30.2 Å². The fourth-order valence-electron chi connectivity index (χ4n) is 3.12. The van der Waals surface area contributed by atoms with Crippen LogP contribution in [0.4, 0.5) is 34.9 Å². The van der Waals surface area contributed by atoms with Crippen molar-refractivity contribution in [3.05, 3.63) is 90.0 Å². The molecule has 1 aromatic heterocycles. The Hall–Kier alpha value is -4.33. The van der Waals surface area contributed by atoms with Crippen LogP contribution in [0.1, 0.15) is 11.1 Å². The lowest BCUT2D eigenvalue weighted by molar-refractivity contribution is 0.956. The second kappa shape index (κ2) is 10.1. The van der Waals surface area contributed by atoms with E-state index < -0.39 is 0 Å². The summed E-state index contributed by atoms with van der Waals surface area (Å²) in [6, 6.07) is 25.4. The zero-order valence-corrected chi connectivity index (χ0v) is 17.6. The van der Waals surface area contributed by atoms with Gasteiger partial charge in [0.05, 0.1) is 0 Å². The monoisotopic (exact) mass is 426 g/mol. The summed E-state index contributed by atoms with van der Waals surface area (Å²) >= 11 is 0. The lowest BCUT2D eigenvalue weighted by atomic mass is 10.1. The number of hydrogen-bond donors (Lipinski definition) is 5. The van der Waals surface area contributed by atoms with Crippen molar-refractivity contribution in [2.24, 2.45) is 0 Å². The van der Waals surface area contributed by atoms with Crippen LogP contribution in [-0.2, 0) is 13.0 Å². The van der Waals surface area contributed by atoms with E-state index in [-0.39, 0.29) is 0 Å². The maximum Gasteiger partial charge on any atom is 0.233 e. The Morgan fingerprint density at radius 2 is 1.34 bits per heavy atom. The van der Waals surface area contributed by atoms with Gasteiger partial charge in [-0.25, -0.2) is 0 Å². The topological polar surface area (TPSA) is 127 Å². The molecule has 0 radical (unpaired) electrons. The molecule has 0 bridgehead atoms. The Bertz CT molecular complexity index is 1150.